The highest BCUT2D eigenvalue weighted by molar-refractivity contribution is 6.04. The zero-order valence-corrected chi connectivity index (χ0v) is 21.5. The zero-order chi connectivity index (χ0) is 25.0. The second-order valence-electron chi connectivity index (χ2n) is 10.5. The Morgan fingerprint density at radius 3 is 2.56 bits per heavy atom. The molecular weight excluding hydrogens is 452 g/mol. The van der Waals surface area contributed by atoms with Gasteiger partial charge in [-0.3, -0.25) is 14.1 Å². The fourth-order valence-electron chi connectivity index (χ4n) is 5.83. The number of pyridine rings is 2. The van der Waals surface area contributed by atoms with Crippen molar-refractivity contribution in [2.24, 2.45) is 7.05 Å². The van der Waals surface area contributed by atoms with E-state index in [1.165, 1.54) is 0 Å². The van der Waals surface area contributed by atoms with Crippen LogP contribution in [0.15, 0.2) is 47.5 Å². The van der Waals surface area contributed by atoms with Gasteiger partial charge in [0.15, 0.2) is 0 Å². The van der Waals surface area contributed by atoms with Gasteiger partial charge in [0, 0.05) is 56.5 Å². The van der Waals surface area contributed by atoms with Crippen LogP contribution in [0.1, 0.15) is 31.7 Å². The first-order valence-electron chi connectivity index (χ1n) is 12.8. The highest BCUT2D eigenvalue weighted by atomic mass is 16.5. The van der Waals surface area contributed by atoms with Crippen LogP contribution >= 0.6 is 0 Å². The van der Waals surface area contributed by atoms with Gasteiger partial charge in [-0.25, -0.2) is 9.78 Å². The molecule has 8 heteroatoms. The van der Waals surface area contributed by atoms with Crippen molar-refractivity contribution >= 4 is 27.8 Å². The predicted molar refractivity (Wildman–Crippen MR) is 144 cm³/mol. The van der Waals surface area contributed by atoms with E-state index in [-0.39, 0.29) is 17.8 Å². The fraction of sp³-hybridized carbons (Fsp3) is 0.464. The van der Waals surface area contributed by atoms with Gasteiger partial charge in [0.1, 0.15) is 5.82 Å². The maximum Gasteiger partial charge on any atom is 0.329 e. The molecule has 3 aromatic heterocycles. The van der Waals surface area contributed by atoms with Crippen LogP contribution in [0, 0.1) is 0 Å². The van der Waals surface area contributed by atoms with E-state index in [1.807, 2.05) is 24.0 Å². The molecule has 2 atom stereocenters. The third kappa shape index (κ3) is 3.79. The van der Waals surface area contributed by atoms with Crippen LogP contribution in [0.25, 0.3) is 33.1 Å². The summed E-state index contributed by atoms with van der Waals surface area (Å²) in [6.07, 6.45) is 7.93. The van der Waals surface area contributed by atoms with Crippen molar-refractivity contribution in [2.45, 2.75) is 43.9 Å². The number of aromatic nitrogens is 4. The lowest BCUT2D eigenvalue weighted by atomic mass is 9.92. The number of imidazole rings is 1. The number of methoxy groups -OCH3 is 1. The zero-order valence-electron chi connectivity index (χ0n) is 21.5. The lowest BCUT2D eigenvalue weighted by Gasteiger charge is -2.43. The number of anilines is 1. The molecule has 2 aliphatic rings. The van der Waals surface area contributed by atoms with Gasteiger partial charge in [0.05, 0.1) is 28.9 Å². The van der Waals surface area contributed by atoms with E-state index in [0.29, 0.717) is 6.04 Å². The minimum Gasteiger partial charge on any atom is -0.381 e. The predicted octanol–water partition coefficient (Wildman–Crippen LogP) is 3.83. The summed E-state index contributed by atoms with van der Waals surface area (Å²) in [5.74, 6) is 1.02. The van der Waals surface area contributed by atoms with E-state index in [9.17, 15) is 4.79 Å². The molecule has 0 N–H and O–H groups in total. The molecule has 2 fully saturated rings. The molecule has 2 unspecified atom stereocenters. The van der Waals surface area contributed by atoms with Gasteiger partial charge in [-0.1, -0.05) is 6.07 Å². The van der Waals surface area contributed by atoms with Crippen molar-refractivity contribution in [3.05, 3.63) is 53.2 Å². The van der Waals surface area contributed by atoms with E-state index in [1.54, 1.807) is 11.7 Å². The van der Waals surface area contributed by atoms with Crippen molar-refractivity contribution in [3.63, 3.8) is 0 Å². The van der Waals surface area contributed by atoms with Crippen LogP contribution in [0.3, 0.4) is 0 Å². The Labute approximate surface area is 211 Å². The SMILES string of the molecule is COC1CCCC(n2c(=O)n(C)c3cnc4ccc(-c5ccc(N6CC(N(C)C)C6)nc5)cc4c32)C1. The number of hydrogen-bond acceptors (Lipinski definition) is 6. The summed E-state index contributed by atoms with van der Waals surface area (Å²) >= 11 is 0. The number of rotatable bonds is 5. The van der Waals surface area contributed by atoms with Crippen LogP contribution in [-0.4, -0.2) is 70.4 Å². The summed E-state index contributed by atoms with van der Waals surface area (Å²) in [7, 11) is 7.86. The van der Waals surface area contributed by atoms with Gasteiger partial charge in [-0.05, 0) is 69.6 Å². The van der Waals surface area contributed by atoms with Gasteiger partial charge in [0.25, 0.3) is 0 Å². The largest absolute Gasteiger partial charge is 0.381 e. The molecule has 1 aliphatic carbocycles. The molecule has 1 saturated carbocycles. The number of aryl methyl sites for hydroxylation is 1. The van der Waals surface area contributed by atoms with E-state index in [2.05, 4.69) is 59.2 Å². The molecule has 188 valence electrons. The van der Waals surface area contributed by atoms with Crippen LogP contribution in [-0.2, 0) is 11.8 Å². The third-order valence-corrected chi connectivity index (χ3v) is 8.21. The average Bonchev–Trinajstić information content (AvgIpc) is 3.13. The van der Waals surface area contributed by atoms with Gasteiger partial charge >= 0.3 is 5.69 Å². The maximum absolute atomic E-state index is 13.4. The Morgan fingerprint density at radius 2 is 1.83 bits per heavy atom. The van der Waals surface area contributed by atoms with Crippen LogP contribution in [0.4, 0.5) is 5.82 Å². The summed E-state index contributed by atoms with van der Waals surface area (Å²) < 4.78 is 9.41. The molecule has 6 rings (SSSR count). The van der Waals surface area contributed by atoms with E-state index < -0.39 is 0 Å². The summed E-state index contributed by atoms with van der Waals surface area (Å²) in [6.45, 7) is 2.02. The molecule has 1 aliphatic heterocycles. The van der Waals surface area contributed by atoms with E-state index >= 15 is 0 Å². The lowest BCUT2D eigenvalue weighted by Crippen LogP contribution is -2.57. The molecule has 0 bridgehead atoms. The molecule has 0 spiro atoms. The van der Waals surface area contributed by atoms with Crippen molar-refractivity contribution in [1.82, 2.24) is 24.0 Å². The average molecular weight is 487 g/mol. The van der Waals surface area contributed by atoms with Crippen molar-refractivity contribution in [3.8, 4) is 11.1 Å². The van der Waals surface area contributed by atoms with Crippen LogP contribution in [0.2, 0.25) is 0 Å². The molecule has 1 aromatic carbocycles. The number of likely N-dealkylation sites (N-methyl/N-ethyl adjacent to an activating group) is 1. The Kier molecular flexibility index (Phi) is 5.80. The highest BCUT2D eigenvalue weighted by Gasteiger charge is 2.29. The maximum atomic E-state index is 13.4. The number of benzene rings is 1. The summed E-state index contributed by atoms with van der Waals surface area (Å²) in [5, 5.41) is 1.00. The van der Waals surface area contributed by atoms with Gasteiger partial charge in [0.2, 0.25) is 0 Å². The second-order valence-corrected chi connectivity index (χ2v) is 10.5. The summed E-state index contributed by atoms with van der Waals surface area (Å²) in [6, 6.07) is 11.3. The van der Waals surface area contributed by atoms with Gasteiger partial charge < -0.3 is 14.5 Å². The smallest absolute Gasteiger partial charge is 0.329 e. The van der Waals surface area contributed by atoms with E-state index in [0.717, 1.165) is 77.7 Å². The fourth-order valence-corrected chi connectivity index (χ4v) is 5.83. The minimum atomic E-state index is 0.0167. The monoisotopic (exact) mass is 486 g/mol. The Balaban J connectivity index is 1.40. The standard InChI is InChI=1S/C28H34N6O2/c1-31(2)21-16-33(17-21)26-11-9-19(14-30-26)18-8-10-24-23(12-18)27-25(15-29-24)32(3)28(35)34(27)20-6-5-7-22(13-20)36-4/h8-12,14-15,20-22H,5-7,13,16-17H2,1-4H3. The van der Waals surface area contributed by atoms with Crippen LogP contribution < -0.4 is 10.6 Å². The molecular formula is C28H34N6O2. The Hall–Kier alpha value is -3.23. The minimum absolute atomic E-state index is 0.0167. The Bertz CT molecular complexity index is 1470. The summed E-state index contributed by atoms with van der Waals surface area (Å²) in [5.41, 5.74) is 4.88. The Morgan fingerprint density at radius 1 is 1.03 bits per heavy atom. The lowest BCUT2D eigenvalue weighted by molar-refractivity contribution is 0.0531. The van der Waals surface area contributed by atoms with Crippen LogP contribution in [0.5, 0.6) is 0 Å². The molecule has 4 heterocycles. The topological polar surface area (TPSA) is 68.4 Å². The molecule has 4 aromatic rings. The molecule has 0 radical (unpaired) electrons. The first-order valence-corrected chi connectivity index (χ1v) is 12.8. The molecule has 36 heavy (non-hydrogen) atoms. The van der Waals surface area contributed by atoms with Gasteiger partial charge in [-0.2, -0.15) is 0 Å². The quantitative estimate of drug-likeness (QED) is 0.427. The molecule has 1 saturated heterocycles. The van der Waals surface area contributed by atoms with Crippen molar-refractivity contribution in [2.75, 3.05) is 39.2 Å². The third-order valence-electron chi connectivity index (χ3n) is 8.21. The molecule has 0 amide bonds. The number of ether oxygens (including phenoxy) is 1. The van der Waals surface area contributed by atoms with Crippen molar-refractivity contribution in [1.29, 1.82) is 0 Å². The number of fused-ring (bicyclic) bond motifs is 3. The second kappa shape index (κ2) is 9.01. The highest BCUT2D eigenvalue weighted by Crippen LogP contribution is 2.35. The first-order chi connectivity index (χ1) is 17.4. The van der Waals surface area contributed by atoms with Gasteiger partial charge in [-0.15, -0.1) is 0 Å². The normalized spacial score (nSPS) is 21.0. The van der Waals surface area contributed by atoms with Crippen molar-refractivity contribution < 1.29 is 4.74 Å². The van der Waals surface area contributed by atoms with E-state index in [4.69, 9.17) is 9.72 Å². The number of nitrogens with zero attached hydrogens (tertiary/aromatic N) is 6. The first kappa shape index (κ1) is 23.2. The summed E-state index contributed by atoms with van der Waals surface area (Å²) in [4.78, 5) is 27.4. The molecule has 8 nitrogen and oxygen atoms in total. The number of hydrogen-bond donors (Lipinski definition) is 0.